The third-order valence-electron chi connectivity index (χ3n) is 4.10. The number of ether oxygens (including phenoxy) is 1. The van der Waals surface area contributed by atoms with Gasteiger partial charge in [-0.15, -0.1) is 0 Å². The Bertz CT molecular complexity index is 766. The van der Waals surface area contributed by atoms with Crippen LogP contribution in [-0.2, 0) is 24.7 Å². The molecule has 0 saturated carbocycles. The molecule has 0 aromatic heterocycles. The van der Waals surface area contributed by atoms with E-state index in [2.05, 4.69) is 10.6 Å². The van der Waals surface area contributed by atoms with E-state index >= 15 is 0 Å². The Morgan fingerprint density at radius 1 is 1.19 bits per heavy atom. The van der Waals surface area contributed by atoms with Gasteiger partial charge in [-0.2, -0.15) is 0 Å². The van der Waals surface area contributed by atoms with Crippen LogP contribution in [0.25, 0.3) is 0 Å². The Hall–Kier alpha value is -3.43. The van der Waals surface area contributed by atoms with Crippen molar-refractivity contribution < 1.29 is 28.7 Å². The van der Waals surface area contributed by atoms with Gasteiger partial charge in [-0.1, -0.05) is 37.3 Å². The number of hydrogen-bond donors (Lipinski definition) is 3. The predicted molar refractivity (Wildman–Crippen MR) is 92.2 cm³/mol. The van der Waals surface area contributed by atoms with E-state index in [1.165, 1.54) is 7.05 Å². The van der Waals surface area contributed by atoms with Gasteiger partial charge in [0.15, 0.2) is 6.61 Å². The Kier molecular flexibility index (Phi) is 6.11. The Morgan fingerprint density at radius 3 is 2.44 bits per heavy atom. The van der Waals surface area contributed by atoms with Crippen molar-refractivity contribution in [1.82, 2.24) is 20.9 Å². The number of imide groups is 2. The Balaban J connectivity index is 2.02. The number of nitrogens with one attached hydrogen (secondary N) is 3. The fourth-order valence-corrected chi connectivity index (χ4v) is 2.68. The van der Waals surface area contributed by atoms with Gasteiger partial charge < -0.3 is 15.4 Å². The molecule has 1 atom stereocenters. The smallest absolute Gasteiger partial charge is 0.326 e. The monoisotopic (exact) mass is 376 g/mol. The second-order valence-electron chi connectivity index (χ2n) is 5.73. The minimum Gasteiger partial charge on any atom is -0.454 e. The van der Waals surface area contributed by atoms with Crippen molar-refractivity contribution in [1.29, 1.82) is 0 Å². The summed E-state index contributed by atoms with van der Waals surface area (Å²) < 4.78 is 4.71. The number of carbonyl (C=O) groups is 5. The first-order valence-corrected chi connectivity index (χ1v) is 8.21. The van der Waals surface area contributed by atoms with E-state index in [1.807, 2.05) is 5.32 Å². The molecule has 1 fully saturated rings. The zero-order valence-electron chi connectivity index (χ0n) is 14.9. The number of nitrogens with zero attached hydrogens (tertiary/aromatic N) is 1. The molecule has 0 bridgehead atoms. The van der Waals surface area contributed by atoms with Crippen LogP contribution in [0.2, 0.25) is 0 Å². The molecule has 0 aliphatic carbocycles. The predicted octanol–water partition coefficient (Wildman–Crippen LogP) is -0.157. The van der Waals surface area contributed by atoms with E-state index in [4.69, 9.17) is 4.74 Å². The molecule has 1 aliphatic heterocycles. The van der Waals surface area contributed by atoms with E-state index < -0.39 is 48.5 Å². The van der Waals surface area contributed by atoms with Crippen LogP contribution in [0.5, 0.6) is 0 Å². The summed E-state index contributed by atoms with van der Waals surface area (Å²) in [4.78, 5) is 60.1. The summed E-state index contributed by atoms with van der Waals surface area (Å²) in [7, 11) is 1.32. The highest BCUT2D eigenvalue weighted by atomic mass is 16.5. The van der Waals surface area contributed by atoms with Crippen molar-refractivity contribution in [3.8, 4) is 0 Å². The van der Waals surface area contributed by atoms with E-state index in [0.29, 0.717) is 12.0 Å². The maximum absolute atomic E-state index is 12.8. The van der Waals surface area contributed by atoms with Crippen molar-refractivity contribution in [2.45, 2.75) is 18.9 Å². The fraction of sp³-hybridized carbons (Fsp3) is 0.353. The lowest BCUT2D eigenvalue weighted by Crippen LogP contribution is -2.44. The third-order valence-corrected chi connectivity index (χ3v) is 4.10. The molecular formula is C17H20N4O6. The summed E-state index contributed by atoms with van der Waals surface area (Å²) in [5.41, 5.74) is -0.651. The molecule has 10 heteroatoms. The third kappa shape index (κ3) is 4.22. The highest BCUT2D eigenvalue weighted by Gasteiger charge is 2.51. The van der Waals surface area contributed by atoms with Gasteiger partial charge in [0.1, 0.15) is 12.1 Å². The quantitative estimate of drug-likeness (QED) is 0.467. The van der Waals surface area contributed by atoms with E-state index in [1.54, 1.807) is 37.3 Å². The molecule has 10 nitrogen and oxygen atoms in total. The molecule has 3 N–H and O–H groups in total. The van der Waals surface area contributed by atoms with Gasteiger partial charge in [0.2, 0.25) is 0 Å². The van der Waals surface area contributed by atoms with Crippen LogP contribution < -0.4 is 16.0 Å². The summed E-state index contributed by atoms with van der Waals surface area (Å²) >= 11 is 0. The van der Waals surface area contributed by atoms with Crippen molar-refractivity contribution in [3.05, 3.63) is 35.9 Å². The van der Waals surface area contributed by atoms with Gasteiger partial charge in [-0.05, 0) is 12.0 Å². The van der Waals surface area contributed by atoms with Crippen LogP contribution in [0.3, 0.4) is 0 Å². The SMILES string of the molecule is CCC1(c2ccccc2)NC(=O)N(CC(=O)OCC(=O)NC(=O)NC)C1=O. The molecule has 144 valence electrons. The van der Waals surface area contributed by atoms with Crippen molar-refractivity contribution >= 4 is 29.8 Å². The maximum Gasteiger partial charge on any atom is 0.326 e. The topological polar surface area (TPSA) is 134 Å². The molecule has 2 rings (SSSR count). The van der Waals surface area contributed by atoms with Crippen molar-refractivity contribution in [2.75, 3.05) is 20.2 Å². The number of amides is 6. The van der Waals surface area contributed by atoms with Gasteiger partial charge >= 0.3 is 18.0 Å². The highest BCUT2D eigenvalue weighted by molar-refractivity contribution is 6.09. The lowest BCUT2D eigenvalue weighted by atomic mass is 9.87. The van der Waals surface area contributed by atoms with Gasteiger partial charge in [-0.3, -0.25) is 24.6 Å². The fourth-order valence-electron chi connectivity index (χ4n) is 2.68. The average molecular weight is 376 g/mol. The molecule has 1 aromatic rings. The number of esters is 1. The molecule has 27 heavy (non-hydrogen) atoms. The van der Waals surface area contributed by atoms with Crippen molar-refractivity contribution in [3.63, 3.8) is 0 Å². The molecule has 1 heterocycles. The summed E-state index contributed by atoms with van der Waals surface area (Å²) in [6.07, 6.45) is 0.293. The maximum atomic E-state index is 12.8. The van der Waals surface area contributed by atoms with Crippen LogP contribution in [0, 0.1) is 0 Å². The van der Waals surface area contributed by atoms with Crippen LogP contribution >= 0.6 is 0 Å². The normalized spacial score (nSPS) is 18.7. The minimum atomic E-state index is -1.25. The molecule has 1 aliphatic rings. The van der Waals surface area contributed by atoms with Crippen LogP contribution in [-0.4, -0.2) is 54.9 Å². The minimum absolute atomic E-state index is 0.293. The molecule has 6 amide bonds. The summed E-state index contributed by atoms with van der Waals surface area (Å²) in [6.45, 7) is 0.385. The molecule has 0 radical (unpaired) electrons. The van der Waals surface area contributed by atoms with Gasteiger partial charge in [0.05, 0.1) is 0 Å². The molecule has 0 spiro atoms. The first-order chi connectivity index (χ1) is 12.8. The summed E-state index contributed by atoms with van der Waals surface area (Å²) in [5, 5.41) is 6.72. The zero-order valence-corrected chi connectivity index (χ0v) is 14.9. The van der Waals surface area contributed by atoms with Crippen LogP contribution in [0.15, 0.2) is 30.3 Å². The molecular weight excluding hydrogens is 356 g/mol. The first-order valence-electron chi connectivity index (χ1n) is 8.21. The van der Waals surface area contributed by atoms with Crippen LogP contribution in [0.1, 0.15) is 18.9 Å². The molecule has 1 unspecified atom stereocenters. The van der Waals surface area contributed by atoms with Gasteiger partial charge in [-0.25, -0.2) is 9.59 Å². The summed E-state index contributed by atoms with van der Waals surface area (Å²) in [5.74, 6) is -2.37. The number of urea groups is 2. The van der Waals surface area contributed by atoms with E-state index in [9.17, 15) is 24.0 Å². The number of hydrogen-bond acceptors (Lipinski definition) is 6. The second kappa shape index (κ2) is 8.30. The lowest BCUT2D eigenvalue weighted by Gasteiger charge is -2.25. The lowest BCUT2D eigenvalue weighted by molar-refractivity contribution is -0.151. The van der Waals surface area contributed by atoms with Crippen LogP contribution in [0.4, 0.5) is 9.59 Å². The van der Waals surface area contributed by atoms with Gasteiger partial charge in [0, 0.05) is 7.05 Å². The molecule has 1 aromatic carbocycles. The number of rotatable bonds is 6. The average Bonchev–Trinajstić information content (AvgIpc) is 2.92. The standard InChI is InChI=1S/C17H20N4O6/c1-3-17(11-7-5-4-6-8-11)14(24)21(16(26)20-17)9-13(23)27-10-12(22)19-15(25)18-2/h4-8H,3,9-10H2,1-2H3,(H,20,26)(H2,18,19,22,25). The Labute approximate surface area is 155 Å². The first kappa shape index (κ1) is 19.9. The number of benzene rings is 1. The van der Waals surface area contributed by atoms with Gasteiger partial charge in [0.25, 0.3) is 11.8 Å². The molecule has 1 saturated heterocycles. The second-order valence-corrected chi connectivity index (χ2v) is 5.73. The summed E-state index contributed by atoms with van der Waals surface area (Å²) in [6, 6.07) is 7.23. The van der Waals surface area contributed by atoms with Crippen molar-refractivity contribution in [2.24, 2.45) is 0 Å². The highest BCUT2D eigenvalue weighted by Crippen LogP contribution is 2.32. The van der Waals surface area contributed by atoms with E-state index in [-0.39, 0.29) is 0 Å². The Morgan fingerprint density at radius 2 is 1.85 bits per heavy atom. The number of carbonyl (C=O) groups excluding carboxylic acids is 5. The van der Waals surface area contributed by atoms with E-state index in [0.717, 1.165) is 4.90 Å². The zero-order chi connectivity index (χ0) is 20.0. The largest absolute Gasteiger partial charge is 0.454 e.